The number of amides is 1. The van der Waals surface area contributed by atoms with Crippen molar-refractivity contribution in [2.45, 2.75) is 6.42 Å². The molecule has 102 valence electrons. The lowest BCUT2D eigenvalue weighted by Crippen LogP contribution is -2.23. The quantitative estimate of drug-likeness (QED) is 0.864. The number of phenolic OH excluding ortho intramolecular Hbond substituents is 1. The van der Waals surface area contributed by atoms with Gasteiger partial charge in [-0.15, -0.1) is 0 Å². The van der Waals surface area contributed by atoms with Crippen LogP contribution in [0.3, 0.4) is 0 Å². The molecule has 3 heteroatoms. The lowest BCUT2D eigenvalue weighted by molar-refractivity contribution is -0.113. The second-order valence-electron chi connectivity index (χ2n) is 4.47. The molecule has 0 fully saturated rings. The summed E-state index contributed by atoms with van der Waals surface area (Å²) in [6.07, 6.45) is 3.82. The number of hydrogen-bond acceptors (Lipinski definition) is 2. The Morgan fingerprint density at radius 2 is 1.75 bits per heavy atom. The molecule has 2 rings (SSSR count). The predicted octanol–water partition coefficient (Wildman–Crippen LogP) is 3.15. The van der Waals surface area contributed by atoms with Crippen LogP contribution in [0.1, 0.15) is 5.56 Å². The van der Waals surface area contributed by atoms with E-state index in [-0.39, 0.29) is 11.7 Å². The fourth-order valence-electron chi connectivity index (χ4n) is 1.86. The molecule has 0 atom stereocenters. The average Bonchev–Trinajstić information content (AvgIpc) is 2.49. The van der Waals surface area contributed by atoms with Crippen molar-refractivity contribution in [3.05, 3.63) is 72.3 Å². The number of likely N-dealkylation sites (N-methyl/N-ethyl adjacent to an activating group) is 1. The zero-order valence-corrected chi connectivity index (χ0v) is 11.4. The Kier molecular flexibility index (Phi) is 4.56. The van der Waals surface area contributed by atoms with Gasteiger partial charge in [0.25, 0.3) is 0 Å². The number of carbonyl (C=O) groups is 1. The second kappa shape index (κ2) is 6.57. The fraction of sp³-hybridized carbons (Fsp3) is 0.118. The third kappa shape index (κ3) is 3.48. The minimum absolute atomic E-state index is 0.0911. The SMILES string of the molecule is CN(C(=O)/C=C/Cc1ccccc1O)c1ccccc1. The van der Waals surface area contributed by atoms with Gasteiger partial charge in [0.1, 0.15) is 5.75 Å². The number of para-hydroxylation sites is 2. The van der Waals surface area contributed by atoms with Crippen LogP contribution in [-0.4, -0.2) is 18.1 Å². The Labute approximate surface area is 118 Å². The van der Waals surface area contributed by atoms with Crippen LogP contribution in [0.15, 0.2) is 66.7 Å². The summed E-state index contributed by atoms with van der Waals surface area (Å²) in [5.41, 5.74) is 1.66. The van der Waals surface area contributed by atoms with Crippen LogP contribution in [0.4, 0.5) is 5.69 Å². The van der Waals surface area contributed by atoms with Crippen molar-refractivity contribution in [2.75, 3.05) is 11.9 Å². The topological polar surface area (TPSA) is 40.5 Å². The van der Waals surface area contributed by atoms with Gasteiger partial charge in [-0.1, -0.05) is 42.5 Å². The lowest BCUT2D eigenvalue weighted by atomic mass is 10.1. The summed E-state index contributed by atoms with van der Waals surface area (Å²) in [5.74, 6) is 0.160. The van der Waals surface area contributed by atoms with E-state index in [0.29, 0.717) is 6.42 Å². The van der Waals surface area contributed by atoms with E-state index in [0.717, 1.165) is 11.3 Å². The number of rotatable bonds is 4. The molecule has 0 heterocycles. The largest absolute Gasteiger partial charge is 0.508 e. The summed E-state index contributed by atoms with van der Waals surface area (Å²) in [4.78, 5) is 13.6. The van der Waals surface area contributed by atoms with Gasteiger partial charge in [0, 0.05) is 12.7 Å². The highest BCUT2D eigenvalue weighted by Crippen LogP contribution is 2.16. The van der Waals surface area contributed by atoms with E-state index in [2.05, 4.69) is 0 Å². The van der Waals surface area contributed by atoms with E-state index in [9.17, 15) is 9.90 Å². The van der Waals surface area contributed by atoms with Crippen molar-refractivity contribution in [3.8, 4) is 5.75 Å². The third-order valence-corrected chi connectivity index (χ3v) is 3.06. The maximum atomic E-state index is 12.0. The Morgan fingerprint density at radius 1 is 1.10 bits per heavy atom. The van der Waals surface area contributed by atoms with Gasteiger partial charge in [-0.3, -0.25) is 4.79 Å². The van der Waals surface area contributed by atoms with Gasteiger partial charge in [-0.2, -0.15) is 0 Å². The molecular weight excluding hydrogens is 250 g/mol. The van der Waals surface area contributed by atoms with Crippen LogP contribution in [-0.2, 0) is 11.2 Å². The van der Waals surface area contributed by atoms with Gasteiger partial charge >= 0.3 is 0 Å². The maximum Gasteiger partial charge on any atom is 0.250 e. The number of benzene rings is 2. The van der Waals surface area contributed by atoms with Crippen LogP contribution in [0, 0.1) is 0 Å². The Hall–Kier alpha value is -2.55. The Morgan fingerprint density at radius 3 is 2.45 bits per heavy atom. The van der Waals surface area contributed by atoms with Crippen LogP contribution in [0.2, 0.25) is 0 Å². The first-order valence-corrected chi connectivity index (χ1v) is 6.44. The zero-order chi connectivity index (χ0) is 14.4. The van der Waals surface area contributed by atoms with E-state index < -0.39 is 0 Å². The van der Waals surface area contributed by atoms with Gasteiger partial charge in [0.2, 0.25) is 5.91 Å². The molecule has 1 N–H and O–H groups in total. The molecule has 0 unspecified atom stereocenters. The summed E-state index contributed by atoms with van der Waals surface area (Å²) in [6, 6.07) is 16.6. The summed E-state index contributed by atoms with van der Waals surface area (Å²) >= 11 is 0. The molecule has 0 aliphatic carbocycles. The van der Waals surface area contributed by atoms with Crippen molar-refractivity contribution in [3.63, 3.8) is 0 Å². The summed E-state index contributed by atoms with van der Waals surface area (Å²) < 4.78 is 0. The Bertz CT molecular complexity index is 605. The molecule has 0 aliphatic rings. The summed E-state index contributed by atoms with van der Waals surface area (Å²) in [7, 11) is 1.74. The smallest absolute Gasteiger partial charge is 0.250 e. The number of hydrogen-bond donors (Lipinski definition) is 1. The van der Waals surface area contributed by atoms with Crippen molar-refractivity contribution >= 4 is 11.6 Å². The molecule has 0 bridgehead atoms. The number of anilines is 1. The monoisotopic (exact) mass is 267 g/mol. The minimum atomic E-state index is -0.0911. The highest BCUT2D eigenvalue weighted by atomic mass is 16.3. The number of carbonyl (C=O) groups excluding carboxylic acids is 1. The van der Waals surface area contributed by atoms with Crippen LogP contribution in [0.25, 0.3) is 0 Å². The van der Waals surface area contributed by atoms with E-state index in [1.54, 1.807) is 30.2 Å². The van der Waals surface area contributed by atoms with Crippen LogP contribution >= 0.6 is 0 Å². The van der Waals surface area contributed by atoms with E-state index in [1.165, 1.54) is 6.08 Å². The van der Waals surface area contributed by atoms with Gasteiger partial charge < -0.3 is 10.0 Å². The first-order chi connectivity index (χ1) is 9.68. The number of nitrogens with zero attached hydrogens (tertiary/aromatic N) is 1. The average molecular weight is 267 g/mol. The molecular formula is C17H17NO2. The van der Waals surface area contributed by atoms with E-state index in [1.807, 2.05) is 42.5 Å². The first kappa shape index (κ1) is 13.9. The number of phenols is 1. The minimum Gasteiger partial charge on any atom is -0.508 e. The molecule has 0 saturated carbocycles. The lowest BCUT2D eigenvalue weighted by Gasteiger charge is -2.14. The van der Waals surface area contributed by atoms with Gasteiger partial charge in [-0.05, 0) is 36.3 Å². The third-order valence-electron chi connectivity index (χ3n) is 3.06. The molecule has 3 nitrogen and oxygen atoms in total. The van der Waals surface area contributed by atoms with Crippen molar-refractivity contribution < 1.29 is 9.90 Å². The predicted molar refractivity (Wildman–Crippen MR) is 80.8 cm³/mol. The maximum absolute atomic E-state index is 12.0. The summed E-state index contributed by atoms with van der Waals surface area (Å²) in [5, 5.41) is 9.63. The fourth-order valence-corrected chi connectivity index (χ4v) is 1.86. The summed E-state index contributed by atoms with van der Waals surface area (Å²) in [6.45, 7) is 0. The molecule has 0 radical (unpaired) electrons. The highest BCUT2D eigenvalue weighted by Gasteiger charge is 2.06. The van der Waals surface area contributed by atoms with Crippen LogP contribution in [0.5, 0.6) is 5.75 Å². The van der Waals surface area contributed by atoms with Gasteiger partial charge in [0.05, 0.1) is 0 Å². The molecule has 2 aromatic rings. The van der Waals surface area contributed by atoms with Crippen molar-refractivity contribution in [1.82, 2.24) is 0 Å². The molecule has 0 aromatic heterocycles. The molecule has 20 heavy (non-hydrogen) atoms. The van der Waals surface area contributed by atoms with Crippen molar-refractivity contribution in [2.24, 2.45) is 0 Å². The zero-order valence-electron chi connectivity index (χ0n) is 11.4. The second-order valence-corrected chi connectivity index (χ2v) is 4.47. The van der Waals surface area contributed by atoms with Gasteiger partial charge in [0.15, 0.2) is 0 Å². The van der Waals surface area contributed by atoms with E-state index >= 15 is 0 Å². The van der Waals surface area contributed by atoms with Crippen LogP contribution < -0.4 is 4.90 Å². The highest BCUT2D eigenvalue weighted by molar-refractivity contribution is 6.00. The molecule has 2 aromatic carbocycles. The Balaban J connectivity index is 1.98. The number of aromatic hydroxyl groups is 1. The molecule has 1 amide bonds. The normalized spacial score (nSPS) is 10.7. The molecule has 0 aliphatic heterocycles. The van der Waals surface area contributed by atoms with Crippen molar-refractivity contribution in [1.29, 1.82) is 0 Å². The molecule has 0 spiro atoms. The standard InChI is InChI=1S/C17H17NO2/c1-18(15-10-3-2-4-11-15)17(20)13-7-9-14-8-5-6-12-16(14)19/h2-8,10-13,19H,9H2,1H3/b13-7+. The first-order valence-electron chi connectivity index (χ1n) is 6.44. The van der Waals surface area contributed by atoms with Gasteiger partial charge in [-0.25, -0.2) is 0 Å². The van der Waals surface area contributed by atoms with E-state index in [4.69, 9.17) is 0 Å². The number of allylic oxidation sites excluding steroid dienone is 1. The molecule has 0 saturated heterocycles.